The number of hydrogen-bond acceptors (Lipinski definition) is 2. The van der Waals surface area contributed by atoms with Gasteiger partial charge in [0.25, 0.3) is 5.56 Å². The maximum atomic E-state index is 11.5. The van der Waals surface area contributed by atoms with E-state index in [1.54, 1.807) is 27.8 Å². The Morgan fingerprint density at radius 3 is 2.23 bits per heavy atom. The minimum absolute atomic E-state index is 0.178. The van der Waals surface area contributed by atoms with Crippen LogP contribution in [0.2, 0.25) is 0 Å². The van der Waals surface area contributed by atoms with Gasteiger partial charge in [-0.3, -0.25) is 9.36 Å². The molecule has 1 aromatic heterocycles. The minimum atomic E-state index is -0.240. The lowest BCUT2D eigenvalue weighted by Crippen LogP contribution is -2.40. The van der Waals surface area contributed by atoms with E-state index >= 15 is 0 Å². The average molecular weight is 182 g/mol. The van der Waals surface area contributed by atoms with Crippen LogP contribution >= 0.6 is 0 Å². The summed E-state index contributed by atoms with van der Waals surface area (Å²) in [5, 5.41) is 0. The fraction of sp³-hybridized carbons (Fsp3) is 0.556. The van der Waals surface area contributed by atoms with E-state index in [4.69, 9.17) is 0 Å². The Hall–Kier alpha value is -1.32. The zero-order valence-corrected chi connectivity index (χ0v) is 8.42. The summed E-state index contributed by atoms with van der Waals surface area (Å²) in [5.74, 6) is 0. The van der Waals surface area contributed by atoms with Crippen LogP contribution in [0.4, 0.5) is 0 Å². The zero-order valence-electron chi connectivity index (χ0n) is 8.42. The second kappa shape index (κ2) is 3.20. The highest BCUT2D eigenvalue weighted by atomic mass is 16.2. The van der Waals surface area contributed by atoms with Gasteiger partial charge in [-0.1, -0.05) is 0 Å². The summed E-state index contributed by atoms with van der Waals surface area (Å²) in [5.41, 5.74) is 0.961. The van der Waals surface area contributed by atoms with Gasteiger partial charge >= 0.3 is 5.69 Å². The third-order valence-electron chi connectivity index (χ3n) is 2.45. The molecule has 0 aromatic carbocycles. The van der Waals surface area contributed by atoms with Crippen molar-refractivity contribution in [3.05, 3.63) is 32.1 Å². The molecule has 0 aliphatic rings. The highest BCUT2D eigenvalue weighted by molar-refractivity contribution is 5.14. The number of hydrogen-bond donors (Lipinski definition) is 0. The van der Waals surface area contributed by atoms with Crippen molar-refractivity contribution in [1.29, 1.82) is 0 Å². The Morgan fingerprint density at radius 1 is 1.23 bits per heavy atom. The topological polar surface area (TPSA) is 44.0 Å². The quantitative estimate of drug-likeness (QED) is 0.622. The summed E-state index contributed by atoms with van der Waals surface area (Å²) in [7, 11) is 1.68. The maximum absolute atomic E-state index is 11.5. The molecule has 4 heteroatoms. The van der Waals surface area contributed by atoms with Gasteiger partial charge in [0.15, 0.2) is 0 Å². The molecule has 0 unspecified atom stereocenters. The van der Waals surface area contributed by atoms with Crippen LogP contribution < -0.4 is 11.2 Å². The second-order valence-corrected chi connectivity index (χ2v) is 3.10. The van der Waals surface area contributed by atoms with Crippen molar-refractivity contribution in [3.8, 4) is 0 Å². The first-order chi connectivity index (χ1) is 6.00. The largest absolute Gasteiger partial charge is 0.330 e. The molecule has 0 saturated heterocycles. The van der Waals surface area contributed by atoms with Gasteiger partial charge in [-0.2, -0.15) is 0 Å². The van der Waals surface area contributed by atoms with Gasteiger partial charge < -0.3 is 4.57 Å². The van der Waals surface area contributed by atoms with Gasteiger partial charge in [-0.15, -0.1) is 0 Å². The molecule has 72 valence electrons. The van der Waals surface area contributed by atoms with Crippen LogP contribution in [0.1, 0.15) is 18.2 Å². The fourth-order valence-corrected chi connectivity index (χ4v) is 1.30. The van der Waals surface area contributed by atoms with Crippen molar-refractivity contribution in [2.24, 2.45) is 7.05 Å². The van der Waals surface area contributed by atoms with E-state index in [0.29, 0.717) is 12.1 Å². The van der Waals surface area contributed by atoms with E-state index < -0.39 is 0 Å². The molecule has 0 atom stereocenters. The van der Waals surface area contributed by atoms with Crippen molar-refractivity contribution >= 4 is 0 Å². The fourth-order valence-electron chi connectivity index (χ4n) is 1.30. The van der Waals surface area contributed by atoms with Gasteiger partial charge in [0, 0.05) is 24.8 Å². The molecule has 0 fully saturated rings. The Kier molecular flexibility index (Phi) is 2.40. The SMILES string of the molecule is CCn1c(=O)c(C)c(C)n(C)c1=O. The van der Waals surface area contributed by atoms with E-state index in [2.05, 4.69) is 0 Å². The molecule has 1 rings (SSSR count). The Balaban J connectivity index is 3.78. The lowest BCUT2D eigenvalue weighted by atomic mass is 10.2. The van der Waals surface area contributed by atoms with Crippen molar-refractivity contribution in [2.75, 3.05) is 0 Å². The molecule has 0 spiro atoms. The van der Waals surface area contributed by atoms with Crippen LogP contribution in [-0.2, 0) is 13.6 Å². The van der Waals surface area contributed by atoms with Gasteiger partial charge in [0.2, 0.25) is 0 Å². The normalized spacial score (nSPS) is 10.5. The number of rotatable bonds is 1. The first kappa shape index (κ1) is 9.77. The standard InChI is InChI=1S/C9H14N2O2/c1-5-11-8(12)6(2)7(3)10(4)9(11)13/h5H2,1-4H3. The predicted molar refractivity (Wildman–Crippen MR) is 51.1 cm³/mol. The third kappa shape index (κ3) is 1.32. The Labute approximate surface area is 76.4 Å². The molecule has 1 heterocycles. The lowest BCUT2D eigenvalue weighted by Gasteiger charge is -2.09. The van der Waals surface area contributed by atoms with Crippen LogP contribution in [0.5, 0.6) is 0 Å². The van der Waals surface area contributed by atoms with E-state index in [-0.39, 0.29) is 11.2 Å². The molecule has 0 aliphatic heterocycles. The molecule has 1 aromatic rings. The molecule has 0 radical (unpaired) electrons. The van der Waals surface area contributed by atoms with E-state index in [1.165, 1.54) is 9.13 Å². The van der Waals surface area contributed by atoms with E-state index in [0.717, 1.165) is 5.69 Å². The van der Waals surface area contributed by atoms with Gasteiger partial charge in [-0.05, 0) is 20.8 Å². The van der Waals surface area contributed by atoms with Crippen molar-refractivity contribution in [3.63, 3.8) is 0 Å². The zero-order chi connectivity index (χ0) is 10.2. The summed E-state index contributed by atoms with van der Waals surface area (Å²) >= 11 is 0. The summed E-state index contributed by atoms with van der Waals surface area (Å²) in [6.07, 6.45) is 0. The molecular formula is C9H14N2O2. The summed E-state index contributed by atoms with van der Waals surface area (Å²) in [6.45, 7) is 5.73. The highest BCUT2D eigenvalue weighted by Gasteiger charge is 2.08. The van der Waals surface area contributed by atoms with Gasteiger partial charge in [0.1, 0.15) is 0 Å². The second-order valence-electron chi connectivity index (χ2n) is 3.10. The molecule has 0 aliphatic carbocycles. The Bertz CT molecular complexity index is 403. The van der Waals surface area contributed by atoms with Gasteiger partial charge in [0.05, 0.1) is 0 Å². The molecule has 0 N–H and O–H groups in total. The molecular weight excluding hydrogens is 168 g/mol. The van der Waals surface area contributed by atoms with Crippen LogP contribution in [-0.4, -0.2) is 9.13 Å². The minimum Gasteiger partial charge on any atom is -0.301 e. The van der Waals surface area contributed by atoms with Crippen LogP contribution in [0, 0.1) is 13.8 Å². The molecule has 0 saturated carbocycles. The monoisotopic (exact) mass is 182 g/mol. The van der Waals surface area contributed by atoms with Crippen LogP contribution in [0.3, 0.4) is 0 Å². The number of aromatic nitrogens is 2. The van der Waals surface area contributed by atoms with Crippen molar-refractivity contribution < 1.29 is 0 Å². The lowest BCUT2D eigenvalue weighted by molar-refractivity contribution is 0.603. The molecule has 0 amide bonds. The van der Waals surface area contributed by atoms with Crippen molar-refractivity contribution in [2.45, 2.75) is 27.3 Å². The average Bonchev–Trinajstić information content (AvgIpc) is 2.13. The Morgan fingerprint density at radius 2 is 1.77 bits per heavy atom. The van der Waals surface area contributed by atoms with E-state index in [1.807, 2.05) is 0 Å². The smallest absolute Gasteiger partial charge is 0.301 e. The van der Waals surface area contributed by atoms with Crippen molar-refractivity contribution in [1.82, 2.24) is 9.13 Å². The molecule has 0 bridgehead atoms. The molecule has 13 heavy (non-hydrogen) atoms. The van der Waals surface area contributed by atoms with Crippen LogP contribution in [0.15, 0.2) is 9.59 Å². The van der Waals surface area contributed by atoms with Crippen LogP contribution in [0.25, 0.3) is 0 Å². The first-order valence-electron chi connectivity index (χ1n) is 4.27. The summed E-state index contributed by atoms with van der Waals surface area (Å²) in [4.78, 5) is 23.1. The number of nitrogens with zero attached hydrogens (tertiary/aromatic N) is 2. The molecule has 4 nitrogen and oxygen atoms in total. The van der Waals surface area contributed by atoms with E-state index in [9.17, 15) is 9.59 Å². The highest BCUT2D eigenvalue weighted by Crippen LogP contribution is 1.94. The maximum Gasteiger partial charge on any atom is 0.330 e. The van der Waals surface area contributed by atoms with Gasteiger partial charge in [-0.25, -0.2) is 4.79 Å². The summed E-state index contributed by atoms with van der Waals surface area (Å²) in [6, 6.07) is 0. The first-order valence-corrected chi connectivity index (χ1v) is 4.27. The summed E-state index contributed by atoms with van der Waals surface area (Å²) < 4.78 is 2.74. The predicted octanol–water partition coefficient (Wildman–Crippen LogP) is 0.184. The third-order valence-corrected chi connectivity index (χ3v) is 2.45.